The fourth-order valence-electron chi connectivity index (χ4n) is 2.89. The second-order valence-electron chi connectivity index (χ2n) is 7.52. The first-order valence-electron chi connectivity index (χ1n) is 9.10. The molecule has 7 heteroatoms. The second-order valence-corrected chi connectivity index (χ2v) is 8.38. The largest absolute Gasteiger partial charge is 0.456 e. The Balaban J connectivity index is 1.96. The van der Waals surface area contributed by atoms with Gasteiger partial charge >= 0.3 is 12.1 Å². The highest BCUT2D eigenvalue weighted by atomic mass is 79.9. The molecule has 2 rings (SSSR count). The number of nitrogens with zero attached hydrogens (tertiary/aromatic N) is 1. The maximum absolute atomic E-state index is 12.4. The summed E-state index contributed by atoms with van der Waals surface area (Å²) in [5.74, 6) is -0.841. The summed E-state index contributed by atoms with van der Waals surface area (Å²) in [5.41, 5.74) is 0.875. The molecule has 0 radical (unpaired) electrons. The number of Topliss-reactive ketones (excluding diaryl/α,β-unsaturated/α-hetero) is 1. The van der Waals surface area contributed by atoms with Crippen LogP contribution in [0, 0.1) is 0 Å². The molecule has 1 unspecified atom stereocenters. The lowest BCUT2D eigenvalue weighted by molar-refractivity contribution is -0.147. The molecule has 0 bridgehead atoms. The molecule has 1 saturated heterocycles. The second kappa shape index (κ2) is 8.87. The molecule has 1 amide bonds. The average molecular weight is 440 g/mol. The third kappa shape index (κ3) is 5.79. The molecule has 1 fully saturated rings. The number of amides is 1. The predicted molar refractivity (Wildman–Crippen MR) is 105 cm³/mol. The molecule has 1 aromatic rings. The Bertz CT molecular complexity index is 726. The molecule has 1 aromatic carbocycles. The lowest BCUT2D eigenvalue weighted by atomic mass is 10.1. The van der Waals surface area contributed by atoms with Crippen molar-refractivity contribution >= 4 is 33.8 Å². The van der Waals surface area contributed by atoms with E-state index in [0.717, 1.165) is 16.5 Å². The van der Waals surface area contributed by atoms with Crippen LogP contribution >= 0.6 is 15.9 Å². The first kappa shape index (κ1) is 21.4. The van der Waals surface area contributed by atoms with E-state index < -0.39 is 23.7 Å². The summed E-state index contributed by atoms with van der Waals surface area (Å²) in [4.78, 5) is 38.4. The molecule has 6 nitrogen and oxygen atoms in total. The van der Waals surface area contributed by atoms with Gasteiger partial charge in [-0.05, 0) is 57.7 Å². The molecule has 1 aliphatic heterocycles. The molecular formula is C20H26BrNO5. The quantitative estimate of drug-likeness (QED) is 0.509. The van der Waals surface area contributed by atoms with Crippen LogP contribution in [0.4, 0.5) is 4.79 Å². The van der Waals surface area contributed by atoms with E-state index in [1.54, 1.807) is 32.9 Å². The zero-order valence-electron chi connectivity index (χ0n) is 16.2. The number of ketones is 1. The van der Waals surface area contributed by atoms with Crippen LogP contribution in [0.25, 0.3) is 0 Å². The Kier molecular flexibility index (Phi) is 7.03. The Morgan fingerprint density at radius 2 is 1.96 bits per heavy atom. The summed E-state index contributed by atoms with van der Waals surface area (Å²) in [6, 6.07) is 4.60. The number of carbonyl (C=O) groups is 3. The normalized spacial score (nSPS) is 16.9. The van der Waals surface area contributed by atoms with Gasteiger partial charge in [0.25, 0.3) is 0 Å². The fraction of sp³-hybridized carbons (Fsp3) is 0.550. The van der Waals surface area contributed by atoms with Crippen LogP contribution in [0.3, 0.4) is 0 Å². The number of benzene rings is 1. The van der Waals surface area contributed by atoms with Crippen molar-refractivity contribution in [3.8, 4) is 0 Å². The monoisotopic (exact) mass is 439 g/mol. The minimum absolute atomic E-state index is 0.271. The lowest BCUT2D eigenvalue weighted by Crippen LogP contribution is -2.44. The van der Waals surface area contributed by atoms with Crippen LogP contribution in [0.15, 0.2) is 22.7 Å². The Morgan fingerprint density at radius 3 is 2.59 bits per heavy atom. The predicted octanol–water partition coefficient (Wildman–Crippen LogP) is 4.14. The van der Waals surface area contributed by atoms with Crippen LogP contribution < -0.4 is 0 Å². The van der Waals surface area contributed by atoms with Crippen LogP contribution in [0.5, 0.6) is 0 Å². The Labute approximate surface area is 168 Å². The average Bonchev–Trinajstić information content (AvgIpc) is 3.08. The van der Waals surface area contributed by atoms with E-state index in [1.807, 2.05) is 13.0 Å². The van der Waals surface area contributed by atoms with Crippen molar-refractivity contribution in [2.45, 2.75) is 58.6 Å². The van der Waals surface area contributed by atoms with Gasteiger partial charge in [-0.1, -0.05) is 28.9 Å². The number of aryl methyl sites for hydroxylation is 1. The van der Waals surface area contributed by atoms with Crippen molar-refractivity contribution in [3.05, 3.63) is 33.8 Å². The minimum Gasteiger partial charge on any atom is -0.456 e. The number of hydrogen-bond donors (Lipinski definition) is 0. The summed E-state index contributed by atoms with van der Waals surface area (Å²) in [7, 11) is 0. The van der Waals surface area contributed by atoms with Gasteiger partial charge < -0.3 is 9.47 Å². The van der Waals surface area contributed by atoms with Gasteiger partial charge in [-0.2, -0.15) is 0 Å². The van der Waals surface area contributed by atoms with Gasteiger partial charge in [0.05, 0.1) is 0 Å². The van der Waals surface area contributed by atoms with Crippen molar-refractivity contribution in [3.63, 3.8) is 0 Å². The number of hydrogen-bond acceptors (Lipinski definition) is 5. The van der Waals surface area contributed by atoms with Gasteiger partial charge in [-0.15, -0.1) is 0 Å². The van der Waals surface area contributed by atoms with Crippen LogP contribution in [0.2, 0.25) is 0 Å². The number of likely N-dealkylation sites (tertiary alicyclic amines) is 1. The van der Waals surface area contributed by atoms with Gasteiger partial charge in [0.2, 0.25) is 0 Å². The van der Waals surface area contributed by atoms with Crippen molar-refractivity contribution in [2.24, 2.45) is 0 Å². The summed E-state index contributed by atoms with van der Waals surface area (Å²) < 4.78 is 11.5. The molecule has 148 valence electrons. The van der Waals surface area contributed by atoms with Gasteiger partial charge in [0.15, 0.2) is 12.4 Å². The van der Waals surface area contributed by atoms with Gasteiger partial charge in [-0.3, -0.25) is 9.69 Å². The molecule has 0 aromatic heterocycles. The fourth-order valence-corrected chi connectivity index (χ4v) is 3.41. The molecule has 1 heterocycles. The lowest BCUT2D eigenvalue weighted by Gasteiger charge is -2.27. The number of esters is 1. The number of halogens is 1. The van der Waals surface area contributed by atoms with Crippen LogP contribution in [-0.2, 0) is 20.7 Å². The van der Waals surface area contributed by atoms with E-state index in [2.05, 4.69) is 15.9 Å². The van der Waals surface area contributed by atoms with Gasteiger partial charge in [0, 0.05) is 16.6 Å². The van der Waals surface area contributed by atoms with E-state index in [1.165, 1.54) is 4.90 Å². The highest BCUT2D eigenvalue weighted by Crippen LogP contribution is 2.22. The maximum Gasteiger partial charge on any atom is 0.411 e. The summed E-state index contributed by atoms with van der Waals surface area (Å²) in [5, 5.41) is 0. The Hall–Kier alpha value is -1.89. The highest BCUT2D eigenvalue weighted by molar-refractivity contribution is 9.10. The third-order valence-corrected chi connectivity index (χ3v) is 5.02. The van der Waals surface area contributed by atoms with Crippen molar-refractivity contribution in [1.29, 1.82) is 0 Å². The standard InChI is InChI=1S/C20H26BrNO5/c1-5-13-11-14(8-9-15(13)21)17(23)12-26-18(24)16-7-6-10-22(16)19(25)27-20(2,3)4/h8-9,11,16H,5-7,10,12H2,1-4H3. The molecule has 0 aliphatic carbocycles. The molecule has 27 heavy (non-hydrogen) atoms. The van der Waals surface area contributed by atoms with Crippen molar-refractivity contribution in [1.82, 2.24) is 4.90 Å². The van der Waals surface area contributed by atoms with E-state index in [9.17, 15) is 14.4 Å². The zero-order valence-corrected chi connectivity index (χ0v) is 17.8. The van der Waals surface area contributed by atoms with Crippen molar-refractivity contribution < 1.29 is 23.9 Å². The summed E-state index contributed by atoms with van der Waals surface area (Å²) in [6.07, 6.45) is 1.45. The molecule has 0 spiro atoms. The topological polar surface area (TPSA) is 72.9 Å². The van der Waals surface area contributed by atoms with Gasteiger partial charge in [-0.25, -0.2) is 9.59 Å². The maximum atomic E-state index is 12.4. The SMILES string of the molecule is CCc1cc(C(=O)COC(=O)C2CCCN2C(=O)OC(C)(C)C)ccc1Br. The first-order chi connectivity index (χ1) is 12.6. The first-order valence-corrected chi connectivity index (χ1v) is 9.89. The molecular weight excluding hydrogens is 414 g/mol. The Morgan fingerprint density at radius 1 is 1.26 bits per heavy atom. The summed E-state index contributed by atoms with van der Waals surface area (Å²) >= 11 is 3.44. The van der Waals surface area contributed by atoms with Crippen LogP contribution in [0.1, 0.15) is 56.5 Å². The minimum atomic E-state index is -0.705. The molecule has 1 aliphatic rings. The highest BCUT2D eigenvalue weighted by Gasteiger charge is 2.37. The van der Waals surface area contributed by atoms with E-state index >= 15 is 0 Å². The third-order valence-electron chi connectivity index (χ3n) is 4.25. The van der Waals surface area contributed by atoms with Gasteiger partial charge in [0.1, 0.15) is 11.6 Å². The number of ether oxygens (including phenoxy) is 2. The van der Waals surface area contributed by atoms with E-state index in [-0.39, 0.29) is 12.4 Å². The number of rotatable bonds is 5. The van der Waals surface area contributed by atoms with E-state index in [0.29, 0.717) is 24.9 Å². The smallest absolute Gasteiger partial charge is 0.411 e. The van der Waals surface area contributed by atoms with E-state index in [4.69, 9.17) is 9.47 Å². The zero-order chi connectivity index (χ0) is 20.2. The van der Waals surface area contributed by atoms with Crippen LogP contribution in [-0.4, -0.2) is 47.5 Å². The molecule has 0 saturated carbocycles. The van der Waals surface area contributed by atoms with Crippen molar-refractivity contribution in [2.75, 3.05) is 13.2 Å². The number of carbonyl (C=O) groups excluding carboxylic acids is 3. The summed E-state index contributed by atoms with van der Waals surface area (Å²) in [6.45, 7) is 7.42. The molecule has 0 N–H and O–H groups in total. The molecule has 1 atom stereocenters.